The second kappa shape index (κ2) is 3.91. The molecule has 1 atom stereocenters. The molecular weight excluding hydrogens is 152 g/mol. The van der Waals surface area contributed by atoms with Crippen molar-refractivity contribution in [3.63, 3.8) is 0 Å². The summed E-state index contributed by atoms with van der Waals surface area (Å²) in [7, 11) is -1.38. The number of aliphatic hydroxyl groups is 1. The van der Waals surface area contributed by atoms with Crippen molar-refractivity contribution in [3.05, 3.63) is 17.5 Å². The fourth-order valence-electron chi connectivity index (χ4n) is 1.09. The molecule has 0 saturated heterocycles. The van der Waals surface area contributed by atoms with Gasteiger partial charge < -0.3 is 5.11 Å². The van der Waals surface area contributed by atoms with Gasteiger partial charge in [-0.25, -0.2) is 0 Å². The molecule has 0 amide bonds. The van der Waals surface area contributed by atoms with Gasteiger partial charge in [-0.15, -0.1) is 5.73 Å². The third kappa shape index (κ3) is 3.06. The molecule has 0 radical (unpaired) electrons. The lowest BCUT2D eigenvalue weighted by Gasteiger charge is -2.22. The van der Waals surface area contributed by atoms with E-state index in [1.165, 1.54) is 0 Å². The molecule has 0 heterocycles. The van der Waals surface area contributed by atoms with E-state index in [1.807, 2.05) is 6.92 Å². The van der Waals surface area contributed by atoms with E-state index in [9.17, 15) is 5.11 Å². The van der Waals surface area contributed by atoms with Crippen LogP contribution in [0.3, 0.4) is 0 Å². The molecule has 2 heteroatoms. The van der Waals surface area contributed by atoms with Gasteiger partial charge in [0.25, 0.3) is 0 Å². The standard InChI is InChI=1S/C9H18OSi/c1-6-8(10)9(7-2)11(3,4)5/h8,10H,2,6H2,1,3-5H3. The Bertz CT molecular complexity index is 172. The van der Waals surface area contributed by atoms with Crippen molar-refractivity contribution in [2.75, 3.05) is 0 Å². The minimum atomic E-state index is -1.38. The number of hydrogen-bond acceptors (Lipinski definition) is 1. The summed E-state index contributed by atoms with van der Waals surface area (Å²) in [6.45, 7) is 12.2. The molecule has 1 N–H and O–H groups in total. The molecule has 0 aromatic rings. The minimum absolute atomic E-state index is 0.320. The van der Waals surface area contributed by atoms with E-state index in [-0.39, 0.29) is 6.10 Å². The van der Waals surface area contributed by atoms with Gasteiger partial charge >= 0.3 is 0 Å². The lowest BCUT2D eigenvalue weighted by atomic mass is 10.3. The summed E-state index contributed by atoms with van der Waals surface area (Å²) in [5.74, 6) is 0. The second-order valence-corrected chi connectivity index (χ2v) is 8.80. The van der Waals surface area contributed by atoms with Gasteiger partial charge in [0.15, 0.2) is 0 Å². The van der Waals surface area contributed by atoms with Crippen LogP contribution in [0.1, 0.15) is 13.3 Å². The SMILES string of the molecule is C=C=C(C(O)CC)[Si](C)(C)C. The van der Waals surface area contributed by atoms with Crippen molar-refractivity contribution in [3.8, 4) is 0 Å². The monoisotopic (exact) mass is 170 g/mol. The zero-order chi connectivity index (χ0) is 9.07. The van der Waals surface area contributed by atoms with Gasteiger partial charge in [0.05, 0.1) is 14.2 Å². The second-order valence-electron chi connectivity index (χ2n) is 3.76. The topological polar surface area (TPSA) is 20.2 Å². The average molecular weight is 170 g/mol. The smallest absolute Gasteiger partial charge is 0.0857 e. The highest BCUT2D eigenvalue weighted by Gasteiger charge is 2.24. The van der Waals surface area contributed by atoms with E-state index in [0.717, 1.165) is 11.6 Å². The Balaban J connectivity index is 4.58. The first kappa shape index (κ1) is 10.7. The third-order valence-electron chi connectivity index (χ3n) is 1.72. The van der Waals surface area contributed by atoms with E-state index < -0.39 is 8.07 Å². The van der Waals surface area contributed by atoms with Crippen molar-refractivity contribution in [2.24, 2.45) is 0 Å². The minimum Gasteiger partial charge on any atom is -0.389 e. The van der Waals surface area contributed by atoms with Crippen LogP contribution in [0.4, 0.5) is 0 Å². The van der Waals surface area contributed by atoms with Crippen molar-refractivity contribution >= 4 is 8.07 Å². The third-order valence-corrected chi connectivity index (χ3v) is 3.84. The Kier molecular flexibility index (Phi) is 3.80. The van der Waals surface area contributed by atoms with Crippen molar-refractivity contribution in [1.29, 1.82) is 0 Å². The van der Waals surface area contributed by atoms with Gasteiger partial charge in [-0.1, -0.05) is 33.1 Å². The molecule has 1 unspecified atom stereocenters. The van der Waals surface area contributed by atoms with Crippen LogP contribution in [0.2, 0.25) is 19.6 Å². The first-order valence-electron chi connectivity index (χ1n) is 4.02. The molecule has 64 valence electrons. The fraction of sp³-hybridized carbons (Fsp3) is 0.667. The maximum atomic E-state index is 9.55. The van der Waals surface area contributed by atoms with Crippen LogP contribution < -0.4 is 0 Å². The summed E-state index contributed by atoms with van der Waals surface area (Å²) in [4.78, 5) is 0. The van der Waals surface area contributed by atoms with Crippen LogP contribution in [0.15, 0.2) is 17.5 Å². The van der Waals surface area contributed by atoms with Gasteiger partial charge in [-0.2, -0.15) is 0 Å². The molecule has 0 aliphatic carbocycles. The molecule has 0 aromatic heterocycles. The highest BCUT2D eigenvalue weighted by molar-refractivity contribution is 6.83. The van der Waals surface area contributed by atoms with E-state index in [1.54, 1.807) is 0 Å². The predicted octanol–water partition coefficient (Wildman–Crippen LogP) is 2.35. The van der Waals surface area contributed by atoms with Crippen LogP contribution in [0.5, 0.6) is 0 Å². The summed E-state index contributed by atoms with van der Waals surface area (Å²) < 4.78 is 0. The first-order valence-corrected chi connectivity index (χ1v) is 7.52. The normalized spacial score (nSPS) is 13.9. The molecule has 0 spiro atoms. The predicted molar refractivity (Wildman–Crippen MR) is 52.3 cm³/mol. The number of hydrogen-bond donors (Lipinski definition) is 1. The fourth-order valence-corrected chi connectivity index (χ4v) is 2.82. The summed E-state index contributed by atoms with van der Waals surface area (Å²) >= 11 is 0. The number of aliphatic hydroxyl groups excluding tert-OH is 1. The molecular formula is C9H18OSi. The van der Waals surface area contributed by atoms with Gasteiger partial charge in [0.1, 0.15) is 0 Å². The van der Waals surface area contributed by atoms with Gasteiger partial charge in [0, 0.05) is 0 Å². The highest BCUT2D eigenvalue weighted by atomic mass is 28.3. The Labute approximate surface area is 70.5 Å². The van der Waals surface area contributed by atoms with Crippen LogP contribution in [0.25, 0.3) is 0 Å². The molecule has 1 nitrogen and oxygen atoms in total. The molecule has 0 bridgehead atoms. The molecule has 0 aliphatic rings. The van der Waals surface area contributed by atoms with Crippen LogP contribution in [-0.4, -0.2) is 19.3 Å². The van der Waals surface area contributed by atoms with E-state index >= 15 is 0 Å². The van der Waals surface area contributed by atoms with E-state index in [0.29, 0.717) is 0 Å². The molecule has 0 rings (SSSR count). The molecule has 0 aromatic carbocycles. The molecule has 0 fully saturated rings. The van der Waals surface area contributed by atoms with E-state index in [2.05, 4.69) is 32.0 Å². The van der Waals surface area contributed by atoms with Crippen LogP contribution >= 0.6 is 0 Å². The Morgan fingerprint density at radius 2 is 2.00 bits per heavy atom. The highest BCUT2D eigenvalue weighted by Crippen LogP contribution is 2.18. The van der Waals surface area contributed by atoms with E-state index in [4.69, 9.17) is 0 Å². The van der Waals surface area contributed by atoms with Gasteiger partial charge in [-0.3, -0.25) is 0 Å². The van der Waals surface area contributed by atoms with Crippen molar-refractivity contribution in [2.45, 2.75) is 39.1 Å². The Hall–Kier alpha value is -0.303. The van der Waals surface area contributed by atoms with Crippen LogP contribution in [-0.2, 0) is 0 Å². The average Bonchev–Trinajstić information content (AvgIpc) is 1.86. The summed E-state index contributed by atoms with van der Waals surface area (Å²) in [6, 6.07) is 0. The molecule has 11 heavy (non-hydrogen) atoms. The maximum Gasteiger partial charge on any atom is 0.0857 e. The maximum absolute atomic E-state index is 9.55. The van der Waals surface area contributed by atoms with Crippen LogP contribution in [0, 0.1) is 0 Å². The summed E-state index contributed by atoms with van der Waals surface area (Å²) in [5.41, 5.74) is 2.87. The number of rotatable bonds is 3. The summed E-state index contributed by atoms with van der Waals surface area (Å²) in [5, 5.41) is 10.6. The largest absolute Gasteiger partial charge is 0.389 e. The zero-order valence-corrected chi connectivity index (χ0v) is 8.94. The molecule has 0 saturated carbocycles. The summed E-state index contributed by atoms with van der Waals surface area (Å²) in [6.07, 6.45) is 0.446. The lowest BCUT2D eigenvalue weighted by molar-refractivity contribution is 0.213. The molecule has 0 aliphatic heterocycles. The van der Waals surface area contributed by atoms with Gasteiger partial charge in [0.2, 0.25) is 0 Å². The quantitative estimate of drug-likeness (QED) is 0.509. The lowest BCUT2D eigenvalue weighted by Crippen LogP contribution is -2.31. The van der Waals surface area contributed by atoms with Crippen molar-refractivity contribution in [1.82, 2.24) is 0 Å². The zero-order valence-electron chi connectivity index (χ0n) is 7.94. The van der Waals surface area contributed by atoms with Gasteiger partial charge in [-0.05, 0) is 11.6 Å². The van der Waals surface area contributed by atoms with Crippen molar-refractivity contribution < 1.29 is 5.11 Å². The Morgan fingerprint density at radius 3 is 2.09 bits per heavy atom. The Morgan fingerprint density at radius 1 is 1.55 bits per heavy atom. The first-order chi connectivity index (χ1) is 4.93.